The second-order valence-electron chi connectivity index (χ2n) is 1.45. The maximum atomic E-state index is 9.95. The fourth-order valence-corrected chi connectivity index (χ4v) is 0.544. The number of carbonyl (C=O) groups excluding carboxylic acids is 1. The summed E-state index contributed by atoms with van der Waals surface area (Å²) in [4.78, 5) is 11.4. The van der Waals surface area contributed by atoms with Gasteiger partial charge in [0.2, 0.25) is 6.41 Å². The van der Waals surface area contributed by atoms with Gasteiger partial charge in [-0.25, -0.2) is 0 Å². The highest BCUT2D eigenvalue weighted by Gasteiger charge is 1.89. The first-order chi connectivity index (χ1) is 3.85. The molecule has 0 aromatic rings. The first-order valence-corrected chi connectivity index (χ1v) is 2.98. The van der Waals surface area contributed by atoms with Crippen molar-refractivity contribution in [1.82, 2.24) is 4.90 Å². The van der Waals surface area contributed by atoms with Gasteiger partial charge in [0.15, 0.2) is 0 Å². The molecule has 0 heterocycles. The average molecular weight is 131 g/mol. The number of rotatable bonds is 4. The molecule has 0 radical (unpaired) electrons. The van der Waals surface area contributed by atoms with E-state index in [0.29, 0.717) is 0 Å². The zero-order chi connectivity index (χ0) is 6.41. The fraction of sp³-hybridized carbons (Fsp3) is 0.600. The molecule has 0 aromatic carbocycles. The summed E-state index contributed by atoms with van der Waals surface area (Å²) >= 11 is 4.51. The van der Waals surface area contributed by atoms with Gasteiger partial charge in [-0.3, -0.25) is 4.79 Å². The largest absolute Gasteiger partial charge is 0.312 e. The van der Waals surface area contributed by atoms with Crippen LogP contribution < -0.4 is 0 Å². The van der Waals surface area contributed by atoms with E-state index >= 15 is 0 Å². The Morgan fingerprint density at radius 3 is 2.50 bits per heavy atom. The number of thiocarbonyl (C=S) groups is 1. The maximum absolute atomic E-state index is 9.95. The van der Waals surface area contributed by atoms with Crippen molar-refractivity contribution in [1.29, 1.82) is 0 Å². The lowest BCUT2D eigenvalue weighted by molar-refractivity contribution is -0.114. The minimum atomic E-state index is 0.729. The van der Waals surface area contributed by atoms with Gasteiger partial charge in [-0.15, -0.1) is 0 Å². The predicted octanol–water partition coefficient (Wildman–Crippen LogP) is 0.812. The molecule has 0 aromatic heterocycles. The van der Waals surface area contributed by atoms with Crippen LogP contribution in [0.3, 0.4) is 0 Å². The number of nitrogens with zero attached hydrogens (tertiary/aromatic N) is 1. The van der Waals surface area contributed by atoms with Gasteiger partial charge in [0, 0.05) is 6.54 Å². The number of hydrogen-bond acceptors (Lipinski definition) is 2. The van der Waals surface area contributed by atoms with Crippen LogP contribution >= 0.6 is 12.2 Å². The van der Waals surface area contributed by atoms with Gasteiger partial charge in [-0.1, -0.05) is 19.1 Å². The molecule has 0 spiro atoms. The standard InChI is InChI=1S/C5H9NOS/c1-2-3-6(4-7)5-8/h4-5H,2-3H2,1H3. The van der Waals surface area contributed by atoms with E-state index < -0.39 is 0 Å². The third-order valence-electron chi connectivity index (χ3n) is 0.753. The summed E-state index contributed by atoms with van der Waals surface area (Å²) in [6, 6.07) is 0. The molecule has 0 bridgehead atoms. The molecule has 0 aliphatic heterocycles. The third-order valence-corrected chi connectivity index (χ3v) is 1.02. The Bertz CT molecular complexity index is 76.5. The van der Waals surface area contributed by atoms with Gasteiger partial charge < -0.3 is 4.90 Å². The lowest BCUT2D eigenvalue weighted by Gasteiger charge is -2.05. The van der Waals surface area contributed by atoms with Crippen LogP contribution in [-0.4, -0.2) is 23.3 Å². The van der Waals surface area contributed by atoms with E-state index in [0.717, 1.165) is 19.4 Å². The van der Waals surface area contributed by atoms with Gasteiger partial charge >= 0.3 is 0 Å². The molecule has 0 aliphatic carbocycles. The second kappa shape index (κ2) is 4.71. The summed E-state index contributed by atoms with van der Waals surface area (Å²) in [5, 5.41) is 0. The van der Waals surface area contributed by atoms with Crippen molar-refractivity contribution in [3.8, 4) is 0 Å². The highest BCUT2D eigenvalue weighted by molar-refractivity contribution is 7.78. The lowest BCUT2D eigenvalue weighted by atomic mass is 10.5. The molecular weight excluding hydrogens is 122 g/mol. The first kappa shape index (κ1) is 7.56. The summed E-state index contributed by atoms with van der Waals surface area (Å²) in [7, 11) is 0. The van der Waals surface area contributed by atoms with E-state index in [1.807, 2.05) is 6.92 Å². The Kier molecular flexibility index (Phi) is 4.45. The van der Waals surface area contributed by atoms with E-state index in [1.54, 1.807) is 0 Å². The molecule has 46 valence electrons. The van der Waals surface area contributed by atoms with Crippen molar-refractivity contribution >= 4 is 24.1 Å². The summed E-state index contributed by atoms with van der Waals surface area (Å²) in [6.07, 6.45) is 1.68. The molecule has 0 atom stereocenters. The van der Waals surface area contributed by atoms with Crippen molar-refractivity contribution in [3.63, 3.8) is 0 Å². The molecule has 0 saturated carbocycles. The maximum Gasteiger partial charge on any atom is 0.214 e. The van der Waals surface area contributed by atoms with Crippen LogP contribution in [0.1, 0.15) is 13.3 Å². The SMILES string of the molecule is CCCN(C=O)C=S. The zero-order valence-electron chi connectivity index (χ0n) is 4.83. The second-order valence-corrected chi connectivity index (χ2v) is 1.66. The van der Waals surface area contributed by atoms with Gasteiger partial charge in [0.05, 0.1) is 5.49 Å². The molecule has 0 N–H and O–H groups in total. The van der Waals surface area contributed by atoms with Crippen molar-refractivity contribution < 1.29 is 4.79 Å². The Morgan fingerprint density at radius 2 is 2.38 bits per heavy atom. The Hall–Kier alpha value is -0.440. The molecule has 1 amide bonds. The van der Waals surface area contributed by atoms with Gasteiger partial charge in [0.1, 0.15) is 0 Å². The number of hydrogen-bond donors (Lipinski definition) is 0. The molecule has 0 fully saturated rings. The van der Waals surface area contributed by atoms with Gasteiger partial charge in [0.25, 0.3) is 0 Å². The minimum Gasteiger partial charge on any atom is -0.312 e. The van der Waals surface area contributed by atoms with Crippen LogP contribution in [0.4, 0.5) is 0 Å². The Balaban J connectivity index is 3.35. The normalized spacial score (nSPS) is 8.12. The monoisotopic (exact) mass is 131 g/mol. The topological polar surface area (TPSA) is 20.3 Å². The van der Waals surface area contributed by atoms with Crippen molar-refractivity contribution in [3.05, 3.63) is 0 Å². The van der Waals surface area contributed by atoms with Crippen LogP contribution in [-0.2, 0) is 4.79 Å². The highest BCUT2D eigenvalue weighted by Crippen LogP contribution is 1.80. The van der Waals surface area contributed by atoms with Crippen molar-refractivity contribution in [2.24, 2.45) is 0 Å². The fourth-order valence-electron chi connectivity index (χ4n) is 0.388. The predicted molar refractivity (Wildman–Crippen MR) is 36.7 cm³/mol. The average Bonchev–Trinajstić information content (AvgIpc) is 1.83. The van der Waals surface area contributed by atoms with E-state index in [4.69, 9.17) is 0 Å². The lowest BCUT2D eigenvalue weighted by Crippen LogP contribution is -2.18. The number of amides is 1. The van der Waals surface area contributed by atoms with Crippen LogP contribution in [0.5, 0.6) is 0 Å². The summed E-state index contributed by atoms with van der Waals surface area (Å²) in [5.74, 6) is 0. The Labute approximate surface area is 54.5 Å². The van der Waals surface area contributed by atoms with E-state index in [9.17, 15) is 4.79 Å². The zero-order valence-corrected chi connectivity index (χ0v) is 5.65. The quantitative estimate of drug-likeness (QED) is 0.415. The Morgan fingerprint density at radius 1 is 1.75 bits per heavy atom. The summed E-state index contributed by atoms with van der Waals surface area (Å²) in [5.41, 5.74) is 1.36. The first-order valence-electron chi connectivity index (χ1n) is 2.51. The van der Waals surface area contributed by atoms with E-state index in [2.05, 4.69) is 12.2 Å². The van der Waals surface area contributed by atoms with Crippen LogP contribution in [0.25, 0.3) is 0 Å². The molecule has 0 saturated heterocycles. The van der Waals surface area contributed by atoms with Gasteiger partial charge in [-0.05, 0) is 6.42 Å². The summed E-state index contributed by atoms with van der Waals surface area (Å²) in [6.45, 7) is 2.72. The van der Waals surface area contributed by atoms with E-state index in [-0.39, 0.29) is 0 Å². The molecule has 3 heteroatoms. The molecular formula is C5H9NOS. The molecule has 8 heavy (non-hydrogen) atoms. The molecule has 0 rings (SSSR count). The molecule has 2 nitrogen and oxygen atoms in total. The van der Waals surface area contributed by atoms with E-state index in [1.165, 1.54) is 10.4 Å². The van der Waals surface area contributed by atoms with Gasteiger partial charge in [-0.2, -0.15) is 0 Å². The van der Waals surface area contributed by atoms with Crippen molar-refractivity contribution in [2.45, 2.75) is 13.3 Å². The molecule has 0 unspecified atom stereocenters. The minimum absolute atomic E-state index is 0.729. The summed E-state index contributed by atoms with van der Waals surface area (Å²) < 4.78 is 0. The number of carbonyl (C=O) groups is 1. The van der Waals surface area contributed by atoms with Crippen molar-refractivity contribution in [2.75, 3.05) is 6.54 Å². The highest BCUT2D eigenvalue weighted by atomic mass is 32.1. The van der Waals surface area contributed by atoms with Crippen LogP contribution in [0.2, 0.25) is 0 Å². The van der Waals surface area contributed by atoms with Crippen LogP contribution in [0.15, 0.2) is 0 Å². The van der Waals surface area contributed by atoms with Crippen LogP contribution in [0, 0.1) is 0 Å². The molecule has 0 aliphatic rings. The smallest absolute Gasteiger partial charge is 0.214 e. The third kappa shape index (κ3) is 2.69.